The van der Waals surface area contributed by atoms with E-state index in [1.165, 1.54) is 32.0 Å². The molecule has 1 unspecified atom stereocenters. The fourth-order valence-corrected chi connectivity index (χ4v) is 2.64. The highest BCUT2D eigenvalue weighted by atomic mass is 16.1. The van der Waals surface area contributed by atoms with Crippen molar-refractivity contribution in [2.45, 2.75) is 32.7 Å². The molecule has 1 aliphatic rings. The Morgan fingerprint density at radius 3 is 2.94 bits per heavy atom. The zero-order valence-electron chi connectivity index (χ0n) is 11.1. The molecule has 0 spiro atoms. The van der Waals surface area contributed by atoms with Gasteiger partial charge in [0, 0.05) is 31.0 Å². The molecule has 1 aromatic rings. The predicted molar refractivity (Wildman–Crippen MR) is 74.6 cm³/mol. The van der Waals surface area contributed by atoms with Crippen LogP contribution in [0.3, 0.4) is 0 Å². The minimum atomic E-state index is 0.0389. The molecule has 0 bridgehead atoms. The van der Waals surface area contributed by atoms with Crippen LogP contribution in [0.1, 0.15) is 26.2 Å². The first-order valence-electron chi connectivity index (χ1n) is 6.87. The standard InChI is InChI=1S/C14H23N3O/c1-2-12-6-9-16(10-12)7-3-8-17-11-13(15)4-5-14(17)18/h4-5,11-12H,2-3,6-10,15H2,1H3. The van der Waals surface area contributed by atoms with E-state index < -0.39 is 0 Å². The smallest absolute Gasteiger partial charge is 0.250 e. The maximum Gasteiger partial charge on any atom is 0.250 e. The van der Waals surface area contributed by atoms with Crippen LogP contribution in [-0.4, -0.2) is 29.1 Å². The van der Waals surface area contributed by atoms with Gasteiger partial charge in [-0.05, 0) is 37.9 Å². The van der Waals surface area contributed by atoms with Gasteiger partial charge < -0.3 is 15.2 Å². The molecule has 4 nitrogen and oxygen atoms in total. The Kier molecular flexibility index (Phi) is 4.42. The lowest BCUT2D eigenvalue weighted by molar-refractivity contribution is 0.310. The molecule has 1 aromatic heterocycles. The van der Waals surface area contributed by atoms with Crippen LogP contribution in [0, 0.1) is 5.92 Å². The zero-order valence-corrected chi connectivity index (χ0v) is 11.1. The maximum absolute atomic E-state index is 11.6. The number of aromatic nitrogens is 1. The van der Waals surface area contributed by atoms with Crippen molar-refractivity contribution < 1.29 is 0 Å². The van der Waals surface area contributed by atoms with E-state index >= 15 is 0 Å². The number of anilines is 1. The SMILES string of the molecule is CCC1CCN(CCCn2cc(N)ccc2=O)C1. The van der Waals surface area contributed by atoms with Gasteiger partial charge in [-0.15, -0.1) is 0 Å². The summed E-state index contributed by atoms with van der Waals surface area (Å²) in [6.45, 7) is 6.54. The lowest BCUT2D eigenvalue weighted by Gasteiger charge is -2.16. The van der Waals surface area contributed by atoms with Gasteiger partial charge in [0.15, 0.2) is 0 Å². The third kappa shape index (κ3) is 3.35. The summed E-state index contributed by atoms with van der Waals surface area (Å²) in [5.74, 6) is 0.875. The van der Waals surface area contributed by atoms with Crippen LogP contribution in [0.5, 0.6) is 0 Å². The number of hydrogen-bond acceptors (Lipinski definition) is 3. The van der Waals surface area contributed by atoms with Gasteiger partial charge in [0.05, 0.1) is 0 Å². The second kappa shape index (κ2) is 6.05. The lowest BCUT2D eigenvalue weighted by atomic mass is 10.1. The van der Waals surface area contributed by atoms with Crippen LogP contribution in [0.25, 0.3) is 0 Å². The quantitative estimate of drug-likeness (QED) is 0.861. The van der Waals surface area contributed by atoms with Crippen molar-refractivity contribution in [3.63, 3.8) is 0 Å². The first-order valence-corrected chi connectivity index (χ1v) is 6.87. The summed E-state index contributed by atoms with van der Waals surface area (Å²) < 4.78 is 1.71. The third-order valence-electron chi connectivity index (χ3n) is 3.83. The minimum absolute atomic E-state index is 0.0389. The number of nitrogens with zero attached hydrogens (tertiary/aromatic N) is 2. The number of pyridine rings is 1. The van der Waals surface area contributed by atoms with Gasteiger partial charge in [0.2, 0.25) is 0 Å². The van der Waals surface area contributed by atoms with E-state index in [1.807, 2.05) is 0 Å². The van der Waals surface area contributed by atoms with Crippen LogP contribution in [0.15, 0.2) is 23.1 Å². The lowest BCUT2D eigenvalue weighted by Crippen LogP contribution is -2.25. The molecule has 1 fully saturated rings. The van der Waals surface area contributed by atoms with Crippen LogP contribution in [0.4, 0.5) is 5.69 Å². The van der Waals surface area contributed by atoms with Gasteiger partial charge in [-0.25, -0.2) is 0 Å². The molecule has 18 heavy (non-hydrogen) atoms. The van der Waals surface area contributed by atoms with E-state index in [4.69, 9.17) is 5.73 Å². The average molecular weight is 249 g/mol. The van der Waals surface area contributed by atoms with E-state index in [0.29, 0.717) is 5.69 Å². The summed E-state index contributed by atoms with van der Waals surface area (Å²) in [5, 5.41) is 0. The Labute approximate surface area is 108 Å². The van der Waals surface area contributed by atoms with Crippen molar-refractivity contribution in [2.24, 2.45) is 5.92 Å². The van der Waals surface area contributed by atoms with Crippen LogP contribution < -0.4 is 11.3 Å². The van der Waals surface area contributed by atoms with Crippen LogP contribution in [-0.2, 0) is 6.54 Å². The second-order valence-corrected chi connectivity index (χ2v) is 5.21. The zero-order chi connectivity index (χ0) is 13.0. The largest absolute Gasteiger partial charge is 0.398 e. The van der Waals surface area contributed by atoms with E-state index in [1.54, 1.807) is 16.8 Å². The van der Waals surface area contributed by atoms with E-state index in [2.05, 4.69) is 11.8 Å². The van der Waals surface area contributed by atoms with Crippen molar-refractivity contribution in [3.05, 3.63) is 28.7 Å². The number of hydrogen-bond donors (Lipinski definition) is 1. The molecular weight excluding hydrogens is 226 g/mol. The second-order valence-electron chi connectivity index (χ2n) is 5.21. The van der Waals surface area contributed by atoms with E-state index in [9.17, 15) is 4.79 Å². The fourth-order valence-electron chi connectivity index (χ4n) is 2.64. The highest BCUT2D eigenvalue weighted by Crippen LogP contribution is 2.18. The van der Waals surface area contributed by atoms with Crippen molar-refractivity contribution in [2.75, 3.05) is 25.4 Å². The predicted octanol–water partition coefficient (Wildman–Crippen LogP) is 1.55. The minimum Gasteiger partial charge on any atom is -0.398 e. The van der Waals surface area contributed by atoms with Gasteiger partial charge in [-0.1, -0.05) is 13.3 Å². The first-order chi connectivity index (χ1) is 8.69. The van der Waals surface area contributed by atoms with Gasteiger partial charge in [0.1, 0.15) is 0 Å². The Morgan fingerprint density at radius 2 is 2.22 bits per heavy atom. The first kappa shape index (κ1) is 13.1. The maximum atomic E-state index is 11.6. The van der Waals surface area contributed by atoms with Crippen molar-refractivity contribution in [1.82, 2.24) is 9.47 Å². The van der Waals surface area contributed by atoms with Gasteiger partial charge in [-0.2, -0.15) is 0 Å². The number of rotatable bonds is 5. The normalized spacial score (nSPS) is 20.4. The molecule has 100 valence electrons. The Bertz CT molecular complexity index is 441. The Balaban J connectivity index is 1.79. The highest BCUT2D eigenvalue weighted by molar-refractivity contribution is 5.33. The highest BCUT2D eigenvalue weighted by Gasteiger charge is 2.19. The summed E-state index contributed by atoms with van der Waals surface area (Å²) in [6.07, 6.45) is 5.36. The fraction of sp³-hybridized carbons (Fsp3) is 0.643. The molecule has 0 radical (unpaired) electrons. The monoisotopic (exact) mass is 249 g/mol. The Morgan fingerprint density at radius 1 is 1.39 bits per heavy atom. The average Bonchev–Trinajstić information content (AvgIpc) is 2.81. The van der Waals surface area contributed by atoms with Crippen LogP contribution in [0.2, 0.25) is 0 Å². The molecule has 1 aliphatic heterocycles. The number of aryl methyl sites for hydroxylation is 1. The molecule has 2 rings (SSSR count). The topological polar surface area (TPSA) is 51.3 Å². The Hall–Kier alpha value is -1.29. The summed E-state index contributed by atoms with van der Waals surface area (Å²) >= 11 is 0. The van der Waals surface area contributed by atoms with Gasteiger partial charge in [0.25, 0.3) is 5.56 Å². The molecule has 0 aliphatic carbocycles. The summed E-state index contributed by atoms with van der Waals surface area (Å²) in [7, 11) is 0. The molecule has 2 N–H and O–H groups in total. The molecule has 0 aromatic carbocycles. The van der Waals surface area contributed by atoms with Gasteiger partial charge in [-0.3, -0.25) is 4.79 Å². The van der Waals surface area contributed by atoms with E-state index in [0.717, 1.165) is 25.4 Å². The molecule has 2 heterocycles. The summed E-state index contributed by atoms with van der Waals surface area (Å²) in [5.41, 5.74) is 6.38. The molecular formula is C14H23N3O. The summed E-state index contributed by atoms with van der Waals surface area (Å²) in [4.78, 5) is 14.1. The van der Waals surface area contributed by atoms with Crippen molar-refractivity contribution in [1.29, 1.82) is 0 Å². The molecule has 4 heteroatoms. The third-order valence-corrected chi connectivity index (χ3v) is 3.83. The van der Waals surface area contributed by atoms with Crippen molar-refractivity contribution in [3.8, 4) is 0 Å². The number of nitrogen functional groups attached to an aromatic ring is 1. The molecule has 0 saturated carbocycles. The van der Waals surface area contributed by atoms with Gasteiger partial charge >= 0.3 is 0 Å². The molecule has 1 saturated heterocycles. The van der Waals surface area contributed by atoms with Crippen molar-refractivity contribution >= 4 is 5.69 Å². The number of likely N-dealkylation sites (tertiary alicyclic amines) is 1. The van der Waals surface area contributed by atoms with E-state index in [-0.39, 0.29) is 5.56 Å². The van der Waals surface area contributed by atoms with Crippen LogP contribution >= 0.6 is 0 Å². The summed E-state index contributed by atoms with van der Waals surface area (Å²) in [6, 6.07) is 3.20. The molecule has 1 atom stereocenters. The number of nitrogens with two attached hydrogens (primary N) is 1. The molecule has 0 amide bonds.